The van der Waals surface area contributed by atoms with Gasteiger partial charge >= 0.3 is 0 Å². The van der Waals surface area contributed by atoms with E-state index >= 15 is 0 Å². The van der Waals surface area contributed by atoms with E-state index in [9.17, 15) is 0 Å². The molecule has 0 atom stereocenters. The van der Waals surface area contributed by atoms with Crippen molar-refractivity contribution in [3.63, 3.8) is 0 Å². The third-order valence-corrected chi connectivity index (χ3v) is 14.1. The Morgan fingerprint density at radius 1 is 0.379 bits per heavy atom. The van der Waals surface area contributed by atoms with Crippen LogP contribution in [0.5, 0.6) is 23.0 Å². The molecule has 0 fully saturated rings. The normalized spacial score (nSPS) is 27.0. The van der Waals surface area contributed by atoms with Crippen molar-refractivity contribution < 1.29 is 37.9 Å². The summed E-state index contributed by atoms with van der Waals surface area (Å²) >= 11 is 0. The predicted molar refractivity (Wildman–Crippen MR) is 228 cm³/mol. The van der Waals surface area contributed by atoms with Gasteiger partial charge in [0, 0.05) is 14.1 Å². The standard InChI is InChI=1S/C44H60N4O8.2CH4/c1-21-29-31(51-39(7,8)37(3,4)49-29)23(45-21)27-35-36(56-44(17,18)43(15,16)55-35)28(48(27)20)25-33-32(52-40(9,10)41(11,12)53-33)24(46-25)26-34-30(22(2)47(26)19)50-38(5,6)42(13,14)54-34;;/h1-20H3;2*1H4/b27-23+,28-25+;;. The van der Waals surface area contributed by atoms with Crippen LogP contribution in [0.2, 0.25) is 0 Å². The Morgan fingerprint density at radius 3 is 1.16 bits per heavy atom. The second kappa shape index (κ2) is 12.1. The lowest BCUT2D eigenvalue weighted by molar-refractivity contribution is -0.157. The molecule has 0 saturated heterocycles. The minimum atomic E-state index is -0.753. The summed E-state index contributed by atoms with van der Waals surface area (Å²) in [4.78, 5) is 10.6. The third kappa shape index (κ3) is 5.44. The van der Waals surface area contributed by atoms with Gasteiger partial charge < -0.3 is 47.0 Å². The Morgan fingerprint density at radius 2 is 0.707 bits per heavy atom. The van der Waals surface area contributed by atoms with Crippen molar-refractivity contribution in [2.24, 2.45) is 24.1 Å². The van der Waals surface area contributed by atoms with Crippen LogP contribution in [0.15, 0.2) is 33.0 Å². The lowest BCUT2D eigenvalue weighted by Gasteiger charge is -2.46. The highest BCUT2D eigenvalue weighted by molar-refractivity contribution is 6.19. The van der Waals surface area contributed by atoms with Gasteiger partial charge in [-0.2, -0.15) is 0 Å². The smallest absolute Gasteiger partial charge is 0.192 e. The zero-order valence-electron chi connectivity index (χ0n) is 37.1. The number of hydrogen-bond acceptors (Lipinski definition) is 10. The maximum Gasteiger partial charge on any atom is 0.192 e. The molecule has 12 heteroatoms. The van der Waals surface area contributed by atoms with Gasteiger partial charge in [0.25, 0.3) is 0 Å². The minimum Gasteiger partial charge on any atom is -0.478 e. The number of aromatic nitrogens is 2. The molecule has 0 spiro atoms. The first kappa shape index (κ1) is 43.1. The fourth-order valence-electron chi connectivity index (χ4n) is 7.46. The fraction of sp³-hybridized carbons (Fsp3) is 0.652. The number of fused-ring (bicyclic) bond motifs is 2. The van der Waals surface area contributed by atoms with Crippen LogP contribution in [-0.2, 0) is 33.0 Å². The van der Waals surface area contributed by atoms with E-state index in [4.69, 9.17) is 47.9 Å². The van der Waals surface area contributed by atoms with E-state index in [1.165, 1.54) is 0 Å². The molecule has 6 aliphatic heterocycles. The quantitative estimate of drug-likeness (QED) is 0.283. The van der Waals surface area contributed by atoms with Crippen molar-refractivity contribution in [1.82, 2.24) is 9.13 Å². The number of allylic oxidation sites excluding steroid dienone is 2. The van der Waals surface area contributed by atoms with E-state index < -0.39 is 44.8 Å². The van der Waals surface area contributed by atoms with Gasteiger partial charge in [-0.15, -0.1) is 0 Å². The fourth-order valence-corrected chi connectivity index (χ4v) is 7.46. The number of aliphatic imine (C=N–C) groups is 2. The molecule has 0 saturated carbocycles. The molecule has 6 aliphatic rings. The van der Waals surface area contributed by atoms with E-state index in [0.29, 0.717) is 73.8 Å². The Labute approximate surface area is 345 Å². The summed E-state index contributed by atoms with van der Waals surface area (Å²) in [5.41, 5.74) is -1.47. The van der Waals surface area contributed by atoms with Gasteiger partial charge in [0.2, 0.25) is 0 Å². The van der Waals surface area contributed by atoms with E-state index in [-0.39, 0.29) is 14.9 Å². The number of nitrogens with zero attached hydrogens (tertiary/aromatic N) is 4. The van der Waals surface area contributed by atoms with Gasteiger partial charge in [-0.05, 0) is 125 Å². The van der Waals surface area contributed by atoms with Crippen molar-refractivity contribution in [3.05, 3.63) is 45.1 Å². The van der Waals surface area contributed by atoms with Crippen LogP contribution >= 0.6 is 0 Å². The Bertz CT molecular complexity index is 2420. The third-order valence-electron chi connectivity index (χ3n) is 14.1. The predicted octanol–water partition coefficient (Wildman–Crippen LogP) is 8.43. The van der Waals surface area contributed by atoms with Gasteiger partial charge in [0.15, 0.2) is 46.0 Å². The summed E-state index contributed by atoms with van der Waals surface area (Å²) in [6.07, 6.45) is 0. The van der Waals surface area contributed by atoms with Crippen LogP contribution in [0.25, 0.3) is 11.4 Å². The largest absolute Gasteiger partial charge is 0.478 e. The molecule has 8 rings (SSSR count). The number of ether oxygens (including phenoxy) is 8. The molecule has 0 N–H and O–H groups in total. The zero-order chi connectivity index (χ0) is 41.5. The first-order valence-corrected chi connectivity index (χ1v) is 19.7. The van der Waals surface area contributed by atoms with Gasteiger partial charge in [-0.25, -0.2) is 9.98 Å². The second-order valence-corrected chi connectivity index (χ2v) is 20.1. The van der Waals surface area contributed by atoms with Crippen LogP contribution in [0.1, 0.15) is 144 Å². The van der Waals surface area contributed by atoms with Crippen molar-refractivity contribution in [1.29, 1.82) is 0 Å². The molecule has 0 unspecified atom stereocenters. The number of hydrogen-bond donors (Lipinski definition) is 0. The molecule has 2 aromatic rings. The topological polar surface area (TPSA) is 108 Å². The van der Waals surface area contributed by atoms with Crippen LogP contribution in [0.3, 0.4) is 0 Å². The first-order valence-electron chi connectivity index (χ1n) is 19.7. The Balaban J connectivity index is 0.00000283. The maximum absolute atomic E-state index is 7.06. The van der Waals surface area contributed by atoms with Crippen molar-refractivity contribution >= 4 is 22.8 Å². The average molecular weight is 805 g/mol. The monoisotopic (exact) mass is 805 g/mol. The van der Waals surface area contributed by atoms with Gasteiger partial charge in [0.1, 0.15) is 78.3 Å². The SMILES string of the molecule is C.C.CC1=N/C(=c2\c3c(/c(=C4\N=C(c5c6c(c(C)n5C)OC(C)(C)C(C)(C)O6)C5=C4OC(C)(C)C(C)(C)O5)n2C)OC(C)(C)C(C)(C)O3)C2=C1OC(C)(C)C(C)(C)O2. The molecule has 12 nitrogen and oxygen atoms in total. The first-order chi connectivity index (χ1) is 25.4. The molecule has 0 bridgehead atoms. The number of rotatable bonds is 1. The van der Waals surface area contributed by atoms with Crippen LogP contribution < -0.4 is 29.6 Å². The molecule has 320 valence electrons. The summed E-state index contributed by atoms with van der Waals surface area (Å²) in [6, 6.07) is 0. The van der Waals surface area contributed by atoms with Crippen molar-refractivity contribution in [2.75, 3.05) is 0 Å². The second-order valence-electron chi connectivity index (χ2n) is 20.1. The molecule has 0 amide bonds. The molecule has 0 aromatic carbocycles. The molecule has 0 radical (unpaired) electrons. The molecule has 0 aliphatic carbocycles. The highest BCUT2D eigenvalue weighted by Crippen LogP contribution is 2.53. The summed E-state index contributed by atoms with van der Waals surface area (Å²) in [7, 11) is 3.97. The van der Waals surface area contributed by atoms with Gasteiger partial charge in [0.05, 0.1) is 11.4 Å². The van der Waals surface area contributed by atoms with Gasteiger partial charge in [-0.1, -0.05) is 14.9 Å². The van der Waals surface area contributed by atoms with E-state index in [2.05, 4.69) is 4.57 Å². The minimum absolute atomic E-state index is 0. The molecular formula is C46H68N4O8. The Kier molecular flexibility index (Phi) is 8.96. The summed E-state index contributed by atoms with van der Waals surface area (Å²) in [5, 5.41) is 1.31. The van der Waals surface area contributed by atoms with E-state index in [0.717, 1.165) is 17.1 Å². The zero-order valence-corrected chi connectivity index (χ0v) is 37.1. The maximum atomic E-state index is 7.06. The van der Waals surface area contributed by atoms with Crippen LogP contribution in [0, 0.1) is 6.92 Å². The summed E-state index contributed by atoms with van der Waals surface area (Å²) in [6.45, 7) is 36.5. The molecule has 58 heavy (non-hydrogen) atoms. The van der Waals surface area contributed by atoms with Crippen LogP contribution in [0.4, 0.5) is 0 Å². The summed E-state index contributed by atoms with van der Waals surface area (Å²) < 4.78 is 59.2. The molecular weight excluding hydrogens is 737 g/mol. The highest BCUT2D eigenvalue weighted by Gasteiger charge is 2.55. The van der Waals surface area contributed by atoms with Crippen LogP contribution in [-0.4, -0.2) is 65.4 Å². The highest BCUT2D eigenvalue weighted by atomic mass is 16.6. The lowest BCUT2D eigenvalue weighted by Crippen LogP contribution is -2.57. The summed E-state index contributed by atoms with van der Waals surface area (Å²) in [5.74, 6) is 4.50. The van der Waals surface area contributed by atoms with Gasteiger partial charge in [-0.3, -0.25) is 0 Å². The van der Waals surface area contributed by atoms with E-state index in [1.54, 1.807) is 0 Å². The molecule has 2 aromatic heterocycles. The van der Waals surface area contributed by atoms with Crippen molar-refractivity contribution in [2.45, 2.75) is 184 Å². The Hall–Kier alpha value is -4.48. The van der Waals surface area contributed by atoms with E-state index in [1.807, 2.05) is 143 Å². The lowest BCUT2D eigenvalue weighted by atomic mass is 9.87. The van der Waals surface area contributed by atoms with Crippen molar-refractivity contribution in [3.8, 4) is 23.0 Å². The molecule has 8 heterocycles. The average Bonchev–Trinajstić information content (AvgIpc) is 3.66.